The second kappa shape index (κ2) is 5.16. The summed E-state index contributed by atoms with van der Waals surface area (Å²) in [5, 5.41) is 11.1. The van der Waals surface area contributed by atoms with Crippen molar-refractivity contribution in [1.82, 2.24) is 9.97 Å². The lowest BCUT2D eigenvalue weighted by Gasteiger charge is -2.35. The zero-order chi connectivity index (χ0) is 13.1. The van der Waals surface area contributed by atoms with E-state index in [4.69, 9.17) is 5.73 Å². The number of hydrogen-bond donors (Lipinski definition) is 1. The first-order chi connectivity index (χ1) is 8.65. The molecule has 7 heteroatoms. The van der Waals surface area contributed by atoms with Gasteiger partial charge in [0.05, 0.1) is 4.92 Å². The van der Waals surface area contributed by atoms with Crippen LogP contribution in [0.25, 0.3) is 0 Å². The van der Waals surface area contributed by atoms with Gasteiger partial charge in [0.15, 0.2) is 0 Å². The third-order valence-electron chi connectivity index (χ3n) is 3.38. The molecule has 98 valence electrons. The molecule has 1 aromatic rings. The summed E-state index contributed by atoms with van der Waals surface area (Å²) in [5.74, 6) is 0.296. The Kier molecular flexibility index (Phi) is 3.59. The van der Waals surface area contributed by atoms with Gasteiger partial charge in [0.1, 0.15) is 6.33 Å². The monoisotopic (exact) mass is 251 g/mol. The van der Waals surface area contributed by atoms with Crippen molar-refractivity contribution in [3.8, 4) is 0 Å². The highest BCUT2D eigenvalue weighted by atomic mass is 16.6. The van der Waals surface area contributed by atoms with Crippen molar-refractivity contribution in [3.05, 3.63) is 16.4 Å². The standard InChI is InChI=1S/C11H17N5O2/c1-2-8-5-3-4-6-15(8)11-9(16(17)18)10(12)13-7-14-11/h7-8H,2-6H2,1H3,(H2,12,13,14)/t8-/m0/s1. The number of nitrogens with two attached hydrogens (primary N) is 1. The molecule has 0 bridgehead atoms. The van der Waals surface area contributed by atoms with Gasteiger partial charge in [-0.05, 0) is 25.7 Å². The molecule has 0 aliphatic carbocycles. The zero-order valence-electron chi connectivity index (χ0n) is 10.4. The largest absolute Gasteiger partial charge is 0.378 e. The Labute approximate surface area is 105 Å². The van der Waals surface area contributed by atoms with Crippen LogP contribution < -0.4 is 10.6 Å². The van der Waals surface area contributed by atoms with Gasteiger partial charge in [-0.25, -0.2) is 9.97 Å². The number of nitro groups is 1. The van der Waals surface area contributed by atoms with E-state index in [1.165, 1.54) is 6.33 Å². The lowest BCUT2D eigenvalue weighted by atomic mass is 10.00. The lowest BCUT2D eigenvalue weighted by Crippen LogP contribution is -2.40. The predicted octanol–water partition coefficient (Wildman–Crippen LogP) is 1.74. The lowest BCUT2D eigenvalue weighted by molar-refractivity contribution is -0.383. The molecule has 2 N–H and O–H groups in total. The van der Waals surface area contributed by atoms with Crippen molar-refractivity contribution in [3.63, 3.8) is 0 Å². The number of aromatic nitrogens is 2. The Bertz CT molecular complexity index is 451. The van der Waals surface area contributed by atoms with Crippen LogP contribution in [0.2, 0.25) is 0 Å². The van der Waals surface area contributed by atoms with Gasteiger partial charge in [0, 0.05) is 12.6 Å². The Morgan fingerprint density at radius 3 is 3.00 bits per heavy atom. The van der Waals surface area contributed by atoms with Crippen molar-refractivity contribution in [2.75, 3.05) is 17.2 Å². The molecular weight excluding hydrogens is 234 g/mol. The van der Waals surface area contributed by atoms with E-state index in [1.54, 1.807) is 0 Å². The Morgan fingerprint density at radius 1 is 1.56 bits per heavy atom. The molecule has 0 aromatic carbocycles. The van der Waals surface area contributed by atoms with E-state index in [9.17, 15) is 10.1 Å². The van der Waals surface area contributed by atoms with Crippen LogP contribution in [0.3, 0.4) is 0 Å². The maximum Gasteiger partial charge on any atom is 0.353 e. The Morgan fingerprint density at radius 2 is 2.33 bits per heavy atom. The van der Waals surface area contributed by atoms with E-state index < -0.39 is 4.92 Å². The second-order valence-electron chi connectivity index (χ2n) is 4.44. The second-order valence-corrected chi connectivity index (χ2v) is 4.44. The smallest absolute Gasteiger partial charge is 0.353 e. The number of rotatable bonds is 3. The minimum Gasteiger partial charge on any atom is -0.378 e. The highest BCUT2D eigenvalue weighted by molar-refractivity contribution is 5.68. The van der Waals surface area contributed by atoms with Gasteiger partial charge in [-0.15, -0.1) is 0 Å². The van der Waals surface area contributed by atoms with E-state index >= 15 is 0 Å². The number of anilines is 2. The van der Waals surface area contributed by atoms with E-state index in [-0.39, 0.29) is 11.5 Å². The molecular formula is C11H17N5O2. The van der Waals surface area contributed by atoms with Crippen LogP contribution >= 0.6 is 0 Å². The van der Waals surface area contributed by atoms with Crippen molar-refractivity contribution in [1.29, 1.82) is 0 Å². The van der Waals surface area contributed by atoms with Crippen molar-refractivity contribution >= 4 is 17.3 Å². The predicted molar refractivity (Wildman–Crippen MR) is 68.4 cm³/mol. The van der Waals surface area contributed by atoms with Gasteiger partial charge < -0.3 is 10.6 Å². The molecule has 0 unspecified atom stereocenters. The Hall–Kier alpha value is -1.92. The maximum absolute atomic E-state index is 11.1. The van der Waals surface area contributed by atoms with Crippen LogP contribution in [0, 0.1) is 10.1 Å². The molecule has 2 heterocycles. The molecule has 1 saturated heterocycles. The third kappa shape index (κ3) is 2.20. The molecule has 0 saturated carbocycles. The van der Waals surface area contributed by atoms with Gasteiger partial charge in [0.25, 0.3) is 0 Å². The number of nitrogen functional groups attached to an aromatic ring is 1. The van der Waals surface area contributed by atoms with E-state index in [0.29, 0.717) is 11.9 Å². The van der Waals surface area contributed by atoms with Gasteiger partial charge >= 0.3 is 5.69 Å². The van der Waals surface area contributed by atoms with Crippen LogP contribution in [-0.2, 0) is 0 Å². The van der Waals surface area contributed by atoms with Crippen LogP contribution in [-0.4, -0.2) is 27.5 Å². The Balaban J connectivity index is 2.42. The molecule has 1 aliphatic heterocycles. The highest BCUT2D eigenvalue weighted by Crippen LogP contribution is 2.34. The quantitative estimate of drug-likeness (QED) is 0.649. The molecule has 0 spiro atoms. The van der Waals surface area contributed by atoms with Crippen LogP contribution in [0.1, 0.15) is 32.6 Å². The summed E-state index contributed by atoms with van der Waals surface area (Å²) in [5.41, 5.74) is 5.43. The van der Waals surface area contributed by atoms with Crippen LogP contribution in [0.4, 0.5) is 17.3 Å². The summed E-state index contributed by atoms with van der Waals surface area (Å²) >= 11 is 0. The normalized spacial score (nSPS) is 19.8. The molecule has 0 amide bonds. The van der Waals surface area contributed by atoms with Gasteiger partial charge in [0.2, 0.25) is 11.6 Å². The number of hydrogen-bond acceptors (Lipinski definition) is 6. The van der Waals surface area contributed by atoms with Gasteiger partial charge in [-0.3, -0.25) is 10.1 Å². The summed E-state index contributed by atoms with van der Waals surface area (Å²) in [6, 6.07) is 0.298. The minimum absolute atomic E-state index is 0.0644. The van der Waals surface area contributed by atoms with Gasteiger partial charge in [-0.2, -0.15) is 0 Å². The summed E-state index contributed by atoms with van der Waals surface area (Å²) in [7, 11) is 0. The molecule has 1 fully saturated rings. The molecule has 1 aromatic heterocycles. The number of nitrogens with zero attached hydrogens (tertiary/aromatic N) is 4. The zero-order valence-corrected chi connectivity index (χ0v) is 10.4. The van der Waals surface area contributed by atoms with Crippen LogP contribution in [0.15, 0.2) is 6.33 Å². The van der Waals surface area contributed by atoms with Crippen molar-refractivity contribution in [2.24, 2.45) is 0 Å². The average Bonchev–Trinajstić information content (AvgIpc) is 2.38. The first kappa shape index (κ1) is 12.5. The highest BCUT2D eigenvalue weighted by Gasteiger charge is 2.30. The third-order valence-corrected chi connectivity index (χ3v) is 3.38. The van der Waals surface area contributed by atoms with Crippen molar-refractivity contribution < 1.29 is 4.92 Å². The van der Waals surface area contributed by atoms with Crippen LogP contribution in [0.5, 0.6) is 0 Å². The maximum atomic E-state index is 11.1. The fraction of sp³-hybridized carbons (Fsp3) is 0.636. The van der Waals surface area contributed by atoms with Crippen molar-refractivity contribution in [2.45, 2.75) is 38.6 Å². The first-order valence-corrected chi connectivity index (χ1v) is 6.16. The van der Waals surface area contributed by atoms with Gasteiger partial charge in [-0.1, -0.05) is 6.92 Å². The van der Waals surface area contributed by atoms with E-state index in [2.05, 4.69) is 16.9 Å². The summed E-state index contributed by atoms with van der Waals surface area (Å²) in [6.07, 6.45) is 5.46. The molecule has 18 heavy (non-hydrogen) atoms. The summed E-state index contributed by atoms with van der Waals surface area (Å²) in [4.78, 5) is 20.4. The SMILES string of the molecule is CC[C@H]1CCCCN1c1ncnc(N)c1[N+](=O)[O-]. The fourth-order valence-corrected chi connectivity index (χ4v) is 2.47. The van der Waals surface area contributed by atoms with E-state index in [1.807, 2.05) is 4.90 Å². The molecule has 2 rings (SSSR count). The first-order valence-electron chi connectivity index (χ1n) is 6.16. The fourth-order valence-electron chi connectivity index (χ4n) is 2.47. The molecule has 1 aliphatic rings. The topological polar surface area (TPSA) is 98.2 Å². The van der Waals surface area contributed by atoms with E-state index in [0.717, 1.165) is 32.2 Å². The molecule has 1 atom stereocenters. The average molecular weight is 251 g/mol. The summed E-state index contributed by atoms with van der Waals surface area (Å²) < 4.78 is 0. The minimum atomic E-state index is -0.494. The molecule has 7 nitrogen and oxygen atoms in total. The number of piperidine rings is 1. The summed E-state index contributed by atoms with van der Waals surface area (Å²) in [6.45, 7) is 2.87. The molecule has 0 radical (unpaired) electrons.